The molecule has 7 heteroatoms. The smallest absolute Gasteiger partial charge is 0.278 e. The van der Waals surface area contributed by atoms with Crippen molar-refractivity contribution in [2.75, 3.05) is 20.1 Å². The van der Waals surface area contributed by atoms with Crippen LogP contribution in [0.1, 0.15) is 29.9 Å². The predicted molar refractivity (Wildman–Crippen MR) is 92.5 cm³/mol. The summed E-state index contributed by atoms with van der Waals surface area (Å²) in [6.45, 7) is 7.06. The van der Waals surface area contributed by atoms with E-state index in [1.165, 1.54) is 16.9 Å². The van der Waals surface area contributed by atoms with Gasteiger partial charge in [0.2, 0.25) is 0 Å². The molecule has 1 aromatic carbocycles. The van der Waals surface area contributed by atoms with Crippen LogP contribution in [0.5, 0.6) is 5.75 Å². The van der Waals surface area contributed by atoms with Crippen molar-refractivity contribution in [2.24, 2.45) is 0 Å². The molecule has 6 nitrogen and oxygen atoms in total. The van der Waals surface area contributed by atoms with Crippen LogP contribution in [0.4, 0.5) is 4.39 Å². The number of likely N-dealkylation sites (N-methyl/N-ethyl adjacent to an activating group) is 1. The third-order valence-corrected chi connectivity index (χ3v) is 4.89. The van der Waals surface area contributed by atoms with E-state index in [4.69, 9.17) is 0 Å². The fourth-order valence-electron chi connectivity index (χ4n) is 3.16. The summed E-state index contributed by atoms with van der Waals surface area (Å²) in [4.78, 5) is 16.7. The molecule has 0 saturated carbocycles. The van der Waals surface area contributed by atoms with E-state index in [0.717, 1.165) is 5.56 Å². The molecule has 1 aliphatic heterocycles. The molecular weight excluding hydrogens is 323 g/mol. The standard InChI is InChI=1S/C18H23FN4O2/c1-11-5-6-14(19)15(7-11)23-10-16(24)17(20-23)18(25)22-8-12(2)21(4)13(3)9-22/h5-7,10,12-13,24H,8-9H2,1-4H3/t12-,13+. The van der Waals surface area contributed by atoms with Gasteiger partial charge in [0.1, 0.15) is 11.5 Å². The van der Waals surface area contributed by atoms with Crippen LogP contribution in [0.25, 0.3) is 5.69 Å². The Hall–Kier alpha value is -2.41. The van der Waals surface area contributed by atoms with Crippen LogP contribution in [0.15, 0.2) is 24.4 Å². The van der Waals surface area contributed by atoms with E-state index in [-0.39, 0.29) is 35.1 Å². The number of carbonyl (C=O) groups is 1. The van der Waals surface area contributed by atoms with Crippen molar-refractivity contribution in [1.29, 1.82) is 0 Å². The van der Waals surface area contributed by atoms with Crippen molar-refractivity contribution < 1.29 is 14.3 Å². The van der Waals surface area contributed by atoms with Gasteiger partial charge < -0.3 is 10.0 Å². The topological polar surface area (TPSA) is 61.6 Å². The molecule has 0 bridgehead atoms. The van der Waals surface area contributed by atoms with Crippen molar-refractivity contribution >= 4 is 5.91 Å². The van der Waals surface area contributed by atoms with Crippen LogP contribution in [0.2, 0.25) is 0 Å². The maximum Gasteiger partial charge on any atom is 0.278 e. The van der Waals surface area contributed by atoms with Crippen LogP contribution in [0, 0.1) is 12.7 Å². The molecule has 1 amide bonds. The Morgan fingerprint density at radius 2 is 1.92 bits per heavy atom. The van der Waals surface area contributed by atoms with E-state index in [9.17, 15) is 14.3 Å². The zero-order valence-corrected chi connectivity index (χ0v) is 14.9. The van der Waals surface area contributed by atoms with Gasteiger partial charge in [-0.2, -0.15) is 5.10 Å². The van der Waals surface area contributed by atoms with Crippen molar-refractivity contribution in [3.05, 3.63) is 41.5 Å². The van der Waals surface area contributed by atoms with Crippen molar-refractivity contribution in [3.63, 3.8) is 0 Å². The number of aromatic hydroxyl groups is 1. The lowest BCUT2D eigenvalue weighted by molar-refractivity contribution is 0.0407. The van der Waals surface area contributed by atoms with Crippen molar-refractivity contribution in [1.82, 2.24) is 19.6 Å². The SMILES string of the molecule is Cc1ccc(F)c(-n2cc(O)c(C(=O)N3C[C@@H](C)N(C)[C@@H](C)C3)n2)c1. The summed E-state index contributed by atoms with van der Waals surface area (Å²) in [5, 5.41) is 14.3. The number of rotatable bonds is 2. The number of aromatic nitrogens is 2. The van der Waals surface area contributed by atoms with Gasteiger partial charge in [-0.1, -0.05) is 6.07 Å². The van der Waals surface area contributed by atoms with Crippen molar-refractivity contribution in [2.45, 2.75) is 32.9 Å². The molecule has 134 valence electrons. The number of amides is 1. The normalized spacial score (nSPS) is 21.6. The summed E-state index contributed by atoms with van der Waals surface area (Å²) >= 11 is 0. The highest BCUT2D eigenvalue weighted by molar-refractivity contribution is 5.95. The van der Waals surface area contributed by atoms with Gasteiger partial charge in [0, 0.05) is 25.2 Å². The Bertz CT molecular complexity index is 792. The van der Waals surface area contributed by atoms with E-state index < -0.39 is 5.82 Å². The molecule has 1 aromatic heterocycles. The first-order chi connectivity index (χ1) is 11.8. The van der Waals surface area contributed by atoms with Crippen LogP contribution < -0.4 is 0 Å². The molecule has 0 spiro atoms. The monoisotopic (exact) mass is 346 g/mol. The zero-order chi connectivity index (χ0) is 18.3. The third kappa shape index (κ3) is 3.24. The van der Waals surface area contributed by atoms with E-state index in [2.05, 4.69) is 23.8 Å². The van der Waals surface area contributed by atoms with Gasteiger partial charge in [-0.05, 0) is 45.5 Å². The quantitative estimate of drug-likeness (QED) is 0.905. The molecule has 2 heterocycles. The largest absolute Gasteiger partial charge is 0.504 e. The number of hydrogen-bond donors (Lipinski definition) is 1. The zero-order valence-electron chi connectivity index (χ0n) is 14.9. The molecule has 1 N–H and O–H groups in total. The van der Waals surface area contributed by atoms with Gasteiger partial charge in [-0.3, -0.25) is 9.69 Å². The van der Waals surface area contributed by atoms with Gasteiger partial charge in [-0.15, -0.1) is 0 Å². The van der Waals surface area contributed by atoms with Crippen LogP contribution in [-0.4, -0.2) is 62.8 Å². The van der Waals surface area contributed by atoms with Crippen LogP contribution in [-0.2, 0) is 0 Å². The Labute approximate surface area is 146 Å². The average Bonchev–Trinajstić information content (AvgIpc) is 2.95. The first kappa shape index (κ1) is 17.4. The van der Waals surface area contributed by atoms with Crippen LogP contribution in [0.3, 0.4) is 0 Å². The lowest BCUT2D eigenvalue weighted by atomic mass is 10.1. The minimum atomic E-state index is -0.464. The number of hydrogen-bond acceptors (Lipinski definition) is 4. The number of piperazine rings is 1. The molecule has 1 saturated heterocycles. The number of aryl methyl sites for hydroxylation is 1. The van der Waals surface area contributed by atoms with Gasteiger partial charge >= 0.3 is 0 Å². The summed E-state index contributed by atoms with van der Waals surface area (Å²) < 4.78 is 15.3. The first-order valence-electron chi connectivity index (χ1n) is 8.34. The third-order valence-electron chi connectivity index (χ3n) is 4.89. The minimum Gasteiger partial charge on any atom is -0.504 e. The molecular formula is C18H23FN4O2. The van der Waals surface area contributed by atoms with E-state index in [0.29, 0.717) is 13.1 Å². The molecule has 2 aromatic rings. The van der Waals surface area contributed by atoms with Crippen molar-refractivity contribution in [3.8, 4) is 11.4 Å². The Kier molecular flexibility index (Phi) is 4.51. The Morgan fingerprint density at radius 3 is 2.56 bits per heavy atom. The molecule has 2 atom stereocenters. The second-order valence-corrected chi connectivity index (χ2v) is 6.84. The molecule has 3 rings (SSSR count). The number of halogens is 1. The highest BCUT2D eigenvalue weighted by Crippen LogP contribution is 2.24. The summed E-state index contributed by atoms with van der Waals surface area (Å²) in [6.07, 6.45) is 1.27. The van der Waals surface area contributed by atoms with E-state index in [1.54, 1.807) is 17.0 Å². The second-order valence-electron chi connectivity index (χ2n) is 6.84. The molecule has 0 aliphatic carbocycles. The van der Waals surface area contributed by atoms with E-state index >= 15 is 0 Å². The maximum absolute atomic E-state index is 14.1. The summed E-state index contributed by atoms with van der Waals surface area (Å²) in [7, 11) is 2.03. The van der Waals surface area contributed by atoms with Crippen LogP contribution >= 0.6 is 0 Å². The molecule has 0 unspecified atom stereocenters. The summed E-state index contributed by atoms with van der Waals surface area (Å²) in [6, 6.07) is 5.05. The maximum atomic E-state index is 14.1. The molecule has 25 heavy (non-hydrogen) atoms. The average molecular weight is 346 g/mol. The van der Waals surface area contributed by atoms with E-state index in [1.807, 2.05) is 14.0 Å². The fourth-order valence-corrected chi connectivity index (χ4v) is 3.16. The van der Waals surface area contributed by atoms with Gasteiger partial charge in [0.15, 0.2) is 11.4 Å². The number of benzene rings is 1. The minimum absolute atomic E-state index is 0.0511. The summed E-state index contributed by atoms with van der Waals surface area (Å²) in [5.41, 5.74) is 1.01. The Balaban J connectivity index is 1.90. The highest BCUT2D eigenvalue weighted by atomic mass is 19.1. The second kappa shape index (κ2) is 6.48. The Morgan fingerprint density at radius 1 is 1.28 bits per heavy atom. The lowest BCUT2D eigenvalue weighted by Crippen LogP contribution is -2.56. The first-order valence-corrected chi connectivity index (χ1v) is 8.34. The van der Waals surface area contributed by atoms with Gasteiger partial charge in [0.05, 0.1) is 6.20 Å². The molecule has 0 radical (unpaired) electrons. The lowest BCUT2D eigenvalue weighted by Gasteiger charge is -2.42. The van der Waals surface area contributed by atoms with Gasteiger partial charge in [-0.25, -0.2) is 9.07 Å². The molecule has 1 fully saturated rings. The number of nitrogens with zero attached hydrogens (tertiary/aromatic N) is 4. The molecule has 1 aliphatic rings. The fraction of sp³-hybridized carbons (Fsp3) is 0.444. The summed E-state index contributed by atoms with van der Waals surface area (Å²) in [5.74, 6) is -1.05. The predicted octanol–water partition coefficient (Wildman–Crippen LogP) is 2.19. The van der Waals surface area contributed by atoms with Gasteiger partial charge in [0.25, 0.3) is 5.91 Å². The highest BCUT2D eigenvalue weighted by Gasteiger charge is 2.32. The number of carbonyl (C=O) groups excluding carboxylic acids is 1.